The van der Waals surface area contributed by atoms with Gasteiger partial charge in [-0.05, 0) is 24.3 Å². The third kappa shape index (κ3) is 5.50. The minimum atomic E-state index is -0.0350. The molecule has 22 heavy (non-hydrogen) atoms. The molecule has 120 valence electrons. The van der Waals surface area contributed by atoms with E-state index in [-0.39, 0.29) is 5.91 Å². The number of hydrogen-bond acceptors (Lipinski definition) is 3. The van der Waals surface area contributed by atoms with Gasteiger partial charge in [0.1, 0.15) is 25.4 Å². The summed E-state index contributed by atoms with van der Waals surface area (Å²) in [6.07, 6.45) is 2.68. The second-order valence-corrected chi connectivity index (χ2v) is 5.35. The highest BCUT2D eigenvalue weighted by molar-refractivity contribution is 5.94. The second kappa shape index (κ2) is 9.23. The summed E-state index contributed by atoms with van der Waals surface area (Å²) < 4.78 is 10.7. The van der Waals surface area contributed by atoms with Crippen LogP contribution < -0.4 is 15.0 Å². The Bertz CT molecular complexity index is 467. The topological polar surface area (TPSA) is 52.0 Å². The number of morpholine rings is 1. The van der Waals surface area contributed by atoms with E-state index in [1.165, 1.54) is 0 Å². The summed E-state index contributed by atoms with van der Waals surface area (Å²) in [7, 11) is 0. The smallest absolute Gasteiger partial charge is 0.251 e. The molecule has 0 saturated carbocycles. The van der Waals surface area contributed by atoms with Crippen LogP contribution in [0, 0.1) is 0 Å². The van der Waals surface area contributed by atoms with Crippen molar-refractivity contribution < 1.29 is 19.2 Å². The predicted molar refractivity (Wildman–Crippen MR) is 85.5 cm³/mol. The molecule has 2 rings (SSSR count). The van der Waals surface area contributed by atoms with Crippen molar-refractivity contribution in [3.63, 3.8) is 0 Å². The molecule has 0 radical (unpaired) electrons. The Labute approximate surface area is 131 Å². The van der Waals surface area contributed by atoms with Gasteiger partial charge in [0.05, 0.1) is 19.8 Å². The quantitative estimate of drug-likeness (QED) is 0.536. The summed E-state index contributed by atoms with van der Waals surface area (Å²) >= 11 is 0. The molecule has 5 heteroatoms. The molecule has 1 amide bonds. The lowest BCUT2D eigenvalue weighted by atomic mass is 10.2. The van der Waals surface area contributed by atoms with Gasteiger partial charge in [0.2, 0.25) is 0 Å². The van der Waals surface area contributed by atoms with Crippen molar-refractivity contribution in [3.8, 4) is 5.75 Å². The lowest BCUT2D eigenvalue weighted by molar-refractivity contribution is -0.908. The number of benzene rings is 1. The van der Waals surface area contributed by atoms with E-state index >= 15 is 0 Å². The van der Waals surface area contributed by atoms with Gasteiger partial charge < -0.3 is 19.7 Å². The van der Waals surface area contributed by atoms with Gasteiger partial charge in [0.25, 0.3) is 5.91 Å². The number of quaternary nitrogens is 1. The Hall–Kier alpha value is -1.85. The Morgan fingerprint density at radius 3 is 2.73 bits per heavy atom. The van der Waals surface area contributed by atoms with Gasteiger partial charge in [-0.1, -0.05) is 12.7 Å². The van der Waals surface area contributed by atoms with Gasteiger partial charge >= 0.3 is 0 Å². The molecule has 0 unspecified atom stereocenters. The molecule has 0 spiro atoms. The molecule has 1 aliphatic heterocycles. The maximum atomic E-state index is 12.0. The Balaban J connectivity index is 1.66. The summed E-state index contributed by atoms with van der Waals surface area (Å²) in [5.41, 5.74) is 0.657. The first-order valence-electron chi connectivity index (χ1n) is 7.83. The van der Waals surface area contributed by atoms with Gasteiger partial charge in [-0.25, -0.2) is 0 Å². The molecule has 2 N–H and O–H groups in total. The van der Waals surface area contributed by atoms with E-state index in [4.69, 9.17) is 9.47 Å². The first-order chi connectivity index (χ1) is 10.8. The first-order valence-corrected chi connectivity index (χ1v) is 7.83. The average Bonchev–Trinajstić information content (AvgIpc) is 2.58. The summed E-state index contributed by atoms with van der Waals surface area (Å²) in [4.78, 5) is 13.6. The molecule has 1 heterocycles. The van der Waals surface area contributed by atoms with Crippen LogP contribution in [0.4, 0.5) is 0 Å². The van der Waals surface area contributed by atoms with E-state index in [0.29, 0.717) is 18.7 Å². The zero-order chi connectivity index (χ0) is 15.6. The normalized spacial score (nSPS) is 15.3. The molecule has 5 nitrogen and oxygen atoms in total. The van der Waals surface area contributed by atoms with Crippen LogP contribution in [0.5, 0.6) is 5.75 Å². The maximum absolute atomic E-state index is 12.0. The number of hydrogen-bond donors (Lipinski definition) is 2. The number of ether oxygens (including phenoxy) is 2. The number of carbonyl (C=O) groups is 1. The number of carbonyl (C=O) groups excluding carboxylic acids is 1. The fourth-order valence-corrected chi connectivity index (χ4v) is 2.41. The van der Waals surface area contributed by atoms with Crippen LogP contribution in [-0.4, -0.2) is 51.9 Å². The van der Waals surface area contributed by atoms with E-state index in [1.54, 1.807) is 35.2 Å². The molecule has 0 atom stereocenters. The van der Waals surface area contributed by atoms with E-state index in [0.717, 1.165) is 45.0 Å². The Kier molecular flexibility index (Phi) is 6.93. The monoisotopic (exact) mass is 305 g/mol. The molecular weight excluding hydrogens is 280 g/mol. The van der Waals surface area contributed by atoms with Crippen molar-refractivity contribution in [2.24, 2.45) is 0 Å². The summed E-state index contributed by atoms with van der Waals surface area (Å²) in [6, 6.07) is 7.16. The van der Waals surface area contributed by atoms with Crippen LogP contribution in [0.3, 0.4) is 0 Å². The van der Waals surface area contributed by atoms with Crippen LogP contribution in [0.1, 0.15) is 16.8 Å². The molecule has 1 aromatic rings. The maximum Gasteiger partial charge on any atom is 0.251 e. The third-order valence-corrected chi connectivity index (χ3v) is 3.68. The van der Waals surface area contributed by atoms with Crippen LogP contribution >= 0.6 is 0 Å². The third-order valence-electron chi connectivity index (χ3n) is 3.68. The zero-order valence-corrected chi connectivity index (χ0v) is 13.0. The molecule has 0 aromatic heterocycles. The second-order valence-electron chi connectivity index (χ2n) is 5.35. The highest BCUT2D eigenvalue weighted by atomic mass is 16.5. The van der Waals surface area contributed by atoms with Crippen molar-refractivity contribution in [2.45, 2.75) is 6.42 Å². The molecule has 0 aliphatic carbocycles. The summed E-state index contributed by atoms with van der Waals surface area (Å²) in [5.74, 6) is 0.708. The van der Waals surface area contributed by atoms with Gasteiger partial charge in [-0.3, -0.25) is 4.79 Å². The number of amides is 1. The lowest BCUT2D eigenvalue weighted by Crippen LogP contribution is -3.14. The fraction of sp³-hybridized carbons (Fsp3) is 0.471. The van der Waals surface area contributed by atoms with Crippen LogP contribution in [0.25, 0.3) is 0 Å². The minimum absolute atomic E-state index is 0.0350. The van der Waals surface area contributed by atoms with Crippen molar-refractivity contribution >= 4 is 5.91 Å². The van der Waals surface area contributed by atoms with Gasteiger partial charge in [0.15, 0.2) is 0 Å². The predicted octanol–water partition coefficient (Wildman–Crippen LogP) is 0.286. The van der Waals surface area contributed by atoms with Crippen molar-refractivity contribution in [2.75, 3.05) is 46.0 Å². The van der Waals surface area contributed by atoms with E-state index < -0.39 is 0 Å². The summed E-state index contributed by atoms with van der Waals surface area (Å²) in [5, 5.41) is 2.96. The van der Waals surface area contributed by atoms with Crippen molar-refractivity contribution in [1.29, 1.82) is 0 Å². The fourth-order valence-electron chi connectivity index (χ4n) is 2.41. The van der Waals surface area contributed by atoms with Crippen LogP contribution in [0.2, 0.25) is 0 Å². The average molecular weight is 305 g/mol. The Morgan fingerprint density at radius 1 is 1.32 bits per heavy atom. The Morgan fingerprint density at radius 2 is 2.05 bits per heavy atom. The SMILES string of the molecule is C=CCOc1ccc(C(=O)NCCC[NH+]2CCOCC2)cc1. The molecule has 1 saturated heterocycles. The highest BCUT2D eigenvalue weighted by Gasteiger charge is 2.13. The van der Waals surface area contributed by atoms with E-state index in [1.807, 2.05) is 0 Å². The highest BCUT2D eigenvalue weighted by Crippen LogP contribution is 2.12. The van der Waals surface area contributed by atoms with E-state index in [9.17, 15) is 4.79 Å². The molecular formula is C17H25N2O3+. The van der Waals surface area contributed by atoms with Gasteiger partial charge in [0, 0.05) is 18.5 Å². The van der Waals surface area contributed by atoms with Crippen molar-refractivity contribution in [1.82, 2.24) is 5.32 Å². The number of rotatable bonds is 8. The largest absolute Gasteiger partial charge is 0.490 e. The minimum Gasteiger partial charge on any atom is -0.490 e. The standard InChI is InChI=1S/C17H24N2O3/c1-2-12-22-16-6-4-15(5-7-16)17(20)18-8-3-9-19-10-13-21-14-11-19/h2,4-7H,1,3,8-14H2,(H,18,20)/p+1. The van der Waals surface area contributed by atoms with Crippen LogP contribution in [-0.2, 0) is 4.74 Å². The molecule has 1 fully saturated rings. The summed E-state index contributed by atoms with van der Waals surface area (Å²) in [6.45, 7) is 9.69. The molecule has 1 aromatic carbocycles. The molecule has 1 aliphatic rings. The number of nitrogens with one attached hydrogen (secondary N) is 2. The lowest BCUT2D eigenvalue weighted by Gasteiger charge is -2.23. The van der Waals surface area contributed by atoms with E-state index in [2.05, 4.69) is 11.9 Å². The van der Waals surface area contributed by atoms with Gasteiger partial charge in [-0.2, -0.15) is 0 Å². The zero-order valence-electron chi connectivity index (χ0n) is 13.0. The van der Waals surface area contributed by atoms with Crippen LogP contribution in [0.15, 0.2) is 36.9 Å². The molecule has 0 bridgehead atoms. The van der Waals surface area contributed by atoms with Gasteiger partial charge in [-0.15, -0.1) is 0 Å². The van der Waals surface area contributed by atoms with Crippen molar-refractivity contribution in [3.05, 3.63) is 42.5 Å². The first kappa shape index (κ1) is 16.5.